The van der Waals surface area contributed by atoms with E-state index in [-0.39, 0.29) is 11.6 Å². The number of rotatable bonds is 5. The van der Waals surface area contributed by atoms with Gasteiger partial charge in [-0.25, -0.2) is 0 Å². The SMILES string of the molecule is CCS(=O)CCNC(=O)c1cn[nH]n1. The van der Waals surface area contributed by atoms with Crippen molar-refractivity contribution in [1.29, 1.82) is 0 Å². The minimum Gasteiger partial charge on any atom is -0.350 e. The van der Waals surface area contributed by atoms with Crippen molar-refractivity contribution in [1.82, 2.24) is 20.7 Å². The lowest BCUT2D eigenvalue weighted by molar-refractivity contribution is 0.0951. The fraction of sp³-hybridized carbons (Fsp3) is 0.571. The number of H-pyrrole nitrogens is 1. The molecule has 0 aromatic carbocycles. The zero-order valence-electron chi connectivity index (χ0n) is 7.82. The van der Waals surface area contributed by atoms with Crippen molar-refractivity contribution in [2.75, 3.05) is 18.1 Å². The zero-order chi connectivity index (χ0) is 10.4. The molecule has 14 heavy (non-hydrogen) atoms. The Kier molecular flexibility index (Phi) is 4.24. The normalized spacial score (nSPS) is 12.4. The van der Waals surface area contributed by atoms with Crippen molar-refractivity contribution in [3.8, 4) is 0 Å². The lowest BCUT2D eigenvalue weighted by atomic mass is 10.4. The van der Waals surface area contributed by atoms with E-state index in [0.717, 1.165) is 0 Å². The number of carbonyl (C=O) groups is 1. The second kappa shape index (κ2) is 5.48. The first kappa shape index (κ1) is 10.8. The summed E-state index contributed by atoms with van der Waals surface area (Å²) in [6, 6.07) is 0. The summed E-state index contributed by atoms with van der Waals surface area (Å²) in [5.74, 6) is 0.784. The first-order valence-electron chi connectivity index (χ1n) is 4.23. The summed E-state index contributed by atoms with van der Waals surface area (Å²) in [6.07, 6.45) is 1.34. The van der Waals surface area contributed by atoms with E-state index in [1.807, 2.05) is 6.92 Å². The van der Waals surface area contributed by atoms with Crippen LogP contribution in [-0.2, 0) is 10.8 Å². The predicted octanol–water partition coefficient (Wildman–Crippen LogP) is -0.697. The molecular formula is C7H12N4O2S. The number of carbonyl (C=O) groups excluding carboxylic acids is 1. The van der Waals surface area contributed by atoms with Crippen LogP contribution in [0.25, 0.3) is 0 Å². The van der Waals surface area contributed by atoms with Gasteiger partial charge in [0.25, 0.3) is 5.91 Å². The molecule has 1 aromatic rings. The standard InChI is InChI=1S/C7H12N4O2S/c1-2-14(13)4-3-8-7(12)6-5-9-11-10-6/h5H,2-4H2,1H3,(H,8,12)(H,9,10,11). The van der Waals surface area contributed by atoms with E-state index >= 15 is 0 Å². The minimum absolute atomic E-state index is 0.243. The average Bonchev–Trinajstić information content (AvgIpc) is 2.70. The Balaban J connectivity index is 2.26. The van der Waals surface area contributed by atoms with Crippen LogP contribution in [-0.4, -0.2) is 43.6 Å². The van der Waals surface area contributed by atoms with E-state index < -0.39 is 10.8 Å². The maximum atomic E-state index is 11.2. The van der Waals surface area contributed by atoms with Crippen molar-refractivity contribution in [2.24, 2.45) is 0 Å². The number of nitrogens with zero attached hydrogens (tertiary/aromatic N) is 2. The molecule has 1 unspecified atom stereocenters. The van der Waals surface area contributed by atoms with E-state index in [2.05, 4.69) is 20.7 Å². The van der Waals surface area contributed by atoms with E-state index in [1.54, 1.807) is 0 Å². The molecular weight excluding hydrogens is 204 g/mol. The Labute approximate surface area is 83.9 Å². The second-order valence-corrected chi connectivity index (χ2v) is 4.41. The van der Waals surface area contributed by atoms with Gasteiger partial charge in [-0.15, -0.1) is 0 Å². The number of aromatic nitrogens is 3. The molecule has 1 rings (SSSR count). The van der Waals surface area contributed by atoms with Gasteiger partial charge >= 0.3 is 0 Å². The Morgan fingerprint density at radius 2 is 2.50 bits per heavy atom. The molecule has 0 aliphatic heterocycles. The highest BCUT2D eigenvalue weighted by Gasteiger charge is 2.07. The maximum Gasteiger partial charge on any atom is 0.273 e. The molecule has 0 spiro atoms. The highest BCUT2D eigenvalue weighted by Crippen LogP contribution is 1.87. The van der Waals surface area contributed by atoms with Crippen LogP contribution in [0.1, 0.15) is 17.4 Å². The Bertz CT molecular complexity index is 311. The number of hydrogen-bond donors (Lipinski definition) is 2. The fourth-order valence-electron chi connectivity index (χ4n) is 0.824. The lowest BCUT2D eigenvalue weighted by Gasteiger charge is -2.01. The van der Waals surface area contributed by atoms with Gasteiger partial charge in [0.1, 0.15) is 0 Å². The molecule has 2 N–H and O–H groups in total. The lowest BCUT2D eigenvalue weighted by Crippen LogP contribution is -2.28. The molecule has 0 bridgehead atoms. The van der Waals surface area contributed by atoms with Gasteiger partial charge in [0.15, 0.2) is 5.69 Å². The summed E-state index contributed by atoms with van der Waals surface area (Å²) < 4.78 is 11.0. The van der Waals surface area contributed by atoms with Gasteiger partial charge in [-0.3, -0.25) is 9.00 Å². The van der Waals surface area contributed by atoms with Crippen molar-refractivity contribution in [2.45, 2.75) is 6.92 Å². The molecule has 0 aliphatic rings. The minimum atomic E-state index is -0.849. The molecule has 78 valence electrons. The third kappa shape index (κ3) is 3.25. The zero-order valence-corrected chi connectivity index (χ0v) is 8.63. The summed E-state index contributed by atoms with van der Waals surface area (Å²) >= 11 is 0. The quantitative estimate of drug-likeness (QED) is 0.681. The van der Waals surface area contributed by atoms with Crippen molar-refractivity contribution >= 4 is 16.7 Å². The predicted molar refractivity (Wildman–Crippen MR) is 52.3 cm³/mol. The van der Waals surface area contributed by atoms with Gasteiger partial charge in [0.05, 0.1) is 6.20 Å². The van der Waals surface area contributed by atoms with Crippen LogP contribution >= 0.6 is 0 Å². The molecule has 0 aliphatic carbocycles. The van der Waals surface area contributed by atoms with Crippen LogP contribution in [0.3, 0.4) is 0 Å². The van der Waals surface area contributed by atoms with Crippen LogP contribution in [0.4, 0.5) is 0 Å². The van der Waals surface area contributed by atoms with Crippen LogP contribution in [0.15, 0.2) is 6.20 Å². The maximum absolute atomic E-state index is 11.2. The van der Waals surface area contributed by atoms with E-state index in [9.17, 15) is 9.00 Å². The third-order valence-electron chi connectivity index (χ3n) is 1.58. The monoisotopic (exact) mass is 216 g/mol. The third-order valence-corrected chi connectivity index (χ3v) is 2.89. The van der Waals surface area contributed by atoms with Crippen LogP contribution in [0.5, 0.6) is 0 Å². The van der Waals surface area contributed by atoms with Crippen LogP contribution in [0, 0.1) is 0 Å². The highest BCUT2D eigenvalue weighted by atomic mass is 32.2. The Morgan fingerprint density at radius 1 is 1.71 bits per heavy atom. The molecule has 7 heteroatoms. The summed E-state index contributed by atoms with van der Waals surface area (Å²) in [6.45, 7) is 2.24. The van der Waals surface area contributed by atoms with E-state index in [0.29, 0.717) is 18.1 Å². The molecule has 6 nitrogen and oxygen atoms in total. The van der Waals surface area contributed by atoms with Gasteiger partial charge in [0.2, 0.25) is 0 Å². The smallest absolute Gasteiger partial charge is 0.273 e. The van der Waals surface area contributed by atoms with Gasteiger partial charge in [-0.2, -0.15) is 15.4 Å². The number of amides is 1. The Morgan fingerprint density at radius 3 is 3.07 bits per heavy atom. The van der Waals surface area contributed by atoms with E-state index in [1.165, 1.54) is 6.20 Å². The molecule has 0 fully saturated rings. The summed E-state index contributed by atoms with van der Waals surface area (Å²) in [5, 5.41) is 12.1. The van der Waals surface area contributed by atoms with Gasteiger partial charge in [0, 0.05) is 28.9 Å². The van der Waals surface area contributed by atoms with Crippen molar-refractivity contribution < 1.29 is 9.00 Å². The number of nitrogens with one attached hydrogen (secondary N) is 2. The molecule has 0 saturated carbocycles. The van der Waals surface area contributed by atoms with Gasteiger partial charge in [-0.1, -0.05) is 6.92 Å². The summed E-state index contributed by atoms with van der Waals surface area (Å²) in [4.78, 5) is 11.2. The van der Waals surface area contributed by atoms with Crippen molar-refractivity contribution in [3.05, 3.63) is 11.9 Å². The van der Waals surface area contributed by atoms with Gasteiger partial charge < -0.3 is 5.32 Å². The number of aromatic amines is 1. The topological polar surface area (TPSA) is 87.7 Å². The van der Waals surface area contributed by atoms with Crippen LogP contribution in [0.2, 0.25) is 0 Å². The second-order valence-electron chi connectivity index (χ2n) is 2.54. The molecule has 0 saturated heterocycles. The van der Waals surface area contributed by atoms with Crippen molar-refractivity contribution in [3.63, 3.8) is 0 Å². The number of hydrogen-bond acceptors (Lipinski definition) is 4. The molecule has 1 heterocycles. The largest absolute Gasteiger partial charge is 0.350 e. The molecule has 0 radical (unpaired) electrons. The highest BCUT2D eigenvalue weighted by molar-refractivity contribution is 7.84. The molecule has 1 atom stereocenters. The summed E-state index contributed by atoms with van der Waals surface area (Å²) in [7, 11) is -0.849. The first-order chi connectivity index (χ1) is 6.74. The summed E-state index contributed by atoms with van der Waals surface area (Å²) in [5.41, 5.74) is 0.243. The average molecular weight is 216 g/mol. The fourth-order valence-corrected chi connectivity index (χ4v) is 1.44. The van der Waals surface area contributed by atoms with Crippen LogP contribution < -0.4 is 5.32 Å². The molecule has 1 amide bonds. The first-order valence-corrected chi connectivity index (χ1v) is 5.71. The molecule has 1 aromatic heterocycles. The van der Waals surface area contributed by atoms with E-state index in [4.69, 9.17) is 0 Å². The Hall–Kier alpha value is -1.24. The van der Waals surface area contributed by atoms with Gasteiger partial charge in [-0.05, 0) is 0 Å².